The van der Waals surface area contributed by atoms with Crippen LogP contribution in [-0.4, -0.2) is 34.6 Å². The summed E-state index contributed by atoms with van der Waals surface area (Å²) in [6.45, 7) is 12.2. The first kappa shape index (κ1) is 16.0. The lowest BCUT2D eigenvalue weighted by molar-refractivity contribution is -0.0843. The highest BCUT2D eigenvalue weighted by Crippen LogP contribution is 2.39. The normalized spacial score (nSPS) is 22.0. The number of esters is 1. The Morgan fingerprint density at radius 1 is 1.14 bits per heavy atom. The molecule has 0 saturated carbocycles. The van der Waals surface area contributed by atoms with E-state index in [-0.39, 0.29) is 23.2 Å². The molecule has 0 N–H and O–H groups in total. The molecule has 1 heterocycles. The molecule has 1 aromatic rings. The zero-order valence-corrected chi connectivity index (χ0v) is 13.8. The van der Waals surface area contributed by atoms with Crippen molar-refractivity contribution in [3.05, 3.63) is 35.9 Å². The van der Waals surface area contributed by atoms with Crippen LogP contribution in [0.25, 0.3) is 0 Å². The van der Waals surface area contributed by atoms with E-state index in [4.69, 9.17) is 4.74 Å². The Bertz CT molecular complexity index is 475. The largest absolute Gasteiger partial charge is 0.459 e. The Balaban J connectivity index is 2.10. The van der Waals surface area contributed by atoms with Gasteiger partial charge in [-0.2, -0.15) is 0 Å². The molecule has 0 aliphatic carbocycles. The minimum atomic E-state index is -0.211. The fraction of sp³-hybridized carbons (Fsp3) is 0.611. The fourth-order valence-corrected chi connectivity index (χ4v) is 3.96. The molecule has 0 unspecified atom stereocenters. The standard InChI is InChI=1S/C18H27NO2/c1-6-19-17(2,3)12-15(13-18(19,4)5)21-16(20)14-10-8-7-9-11-14/h7-11,15H,6,12-13H2,1-5H3. The van der Waals surface area contributed by atoms with Crippen LogP contribution in [0.4, 0.5) is 0 Å². The third-order valence-electron chi connectivity index (χ3n) is 4.52. The quantitative estimate of drug-likeness (QED) is 0.791. The number of hydrogen-bond acceptors (Lipinski definition) is 3. The van der Waals surface area contributed by atoms with E-state index >= 15 is 0 Å². The van der Waals surface area contributed by atoms with Crippen molar-refractivity contribution in [1.82, 2.24) is 4.90 Å². The molecular formula is C18H27NO2. The predicted octanol–water partition coefficient (Wildman–Crippen LogP) is 3.88. The van der Waals surface area contributed by atoms with Gasteiger partial charge in [0.25, 0.3) is 0 Å². The van der Waals surface area contributed by atoms with Crippen LogP contribution in [0.15, 0.2) is 30.3 Å². The number of ether oxygens (including phenoxy) is 1. The van der Waals surface area contributed by atoms with Gasteiger partial charge in [0.2, 0.25) is 0 Å². The lowest BCUT2D eigenvalue weighted by Crippen LogP contribution is -2.62. The molecule has 0 aromatic heterocycles. The van der Waals surface area contributed by atoms with Crippen LogP contribution in [-0.2, 0) is 4.74 Å². The number of benzene rings is 1. The van der Waals surface area contributed by atoms with Crippen LogP contribution in [0, 0.1) is 0 Å². The summed E-state index contributed by atoms with van der Waals surface area (Å²) in [5.41, 5.74) is 0.710. The maximum Gasteiger partial charge on any atom is 0.338 e. The van der Waals surface area contributed by atoms with Gasteiger partial charge in [0, 0.05) is 23.9 Å². The highest BCUT2D eigenvalue weighted by Gasteiger charge is 2.45. The van der Waals surface area contributed by atoms with Gasteiger partial charge >= 0.3 is 5.97 Å². The molecule has 0 amide bonds. The number of carbonyl (C=O) groups is 1. The van der Waals surface area contributed by atoms with Crippen molar-refractivity contribution < 1.29 is 9.53 Å². The van der Waals surface area contributed by atoms with Crippen molar-refractivity contribution in [2.24, 2.45) is 0 Å². The first-order valence-corrected chi connectivity index (χ1v) is 7.80. The van der Waals surface area contributed by atoms with Crippen LogP contribution in [0.2, 0.25) is 0 Å². The summed E-state index contributed by atoms with van der Waals surface area (Å²) in [5.74, 6) is -0.211. The average Bonchev–Trinajstić information content (AvgIpc) is 2.37. The lowest BCUT2D eigenvalue weighted by Gasteiger charge is -2.54. The van der Waals surface area contributed by atoms with Crippen LogP contribution in [0.3, 0.4) is 0 Å². The number of piperidine rings is 1. The van der Waals surface area contributed by atoms with Crippen molar-refractivity contribution in [3.8, 4) is 0 Å². The summed E-state index contributed by atoms with van der Waals surface area (Å²) >= 11 is 0. The van der Waals surface area contributed by atoms with Crippen molar-refractivity contribution in [2.45, 2.75) is 64.6 Å². The van der Waals surface area contributed by atoms with E-state index in [0.717, 1.165) is 19.4 Å². The van der Waals surface area contributed by atoms with Gasteiger partial charge in [0.1, 0.15) is 6.10 Å². The van der Waals surface area contributed by atoms with Gasteiger partial charge in [-0.15, -0.1) is 0 Å². The topological polar surface area (TPSA) is 29.5 Å². The van der Waals surface area contributed by atoms with Crippen molar-refractivity contribution in [3.63, 3.8) is 0 Å². The second-order valence-electron chi connectivity index (χ2n) is 7.17. The number of hydrogen-bond donors (Lipinski definition) is 0. The maximum atomic E-state index is 12.3. The van der Waals surface area contributed by atoms with Gasteiger partial charge in [-0.25, -0.2) is 4.79 Å². The van der Waals surface area contributed by atoms with Gasteiger partial charge in [-0.3, -0.25) is 4.90 Å². The van der Waals surface area contributed by atoms with E-state index in [0.29, 0.717) is 5.56 Å². The lowest BCUT2D eigenvalue weighted by atomic mass is 9.78. The number of likely N-dealkylation sites (tertiary alicyclic amines) is 1. The van der Waals surface area contributed by atoms with E-state index in [1.54, 1.807) is 12.1 Å². The molecule has 0 atom stereocenters. The van der Waals surface area contributed by atoms with Crippen LogP contribution in [0.5, 0.6) is 0 Å². The third-order valence-corrected chi connectivity index (χ3v) is 4.52. The van der Waals surface area contributed by atoms with E-state index in [1.807, 2.05) is 18.2 Å². The molecular weight excluding hydrogens is 262 g/mol. The molecule has 2 rings (SSSR count). The molecule has 3 nitrogen and oxygen atoms in total. The molecule has 1 aliphatic heterocycles. The van der Waals surface area contributed by atoms with Gasteiger partial charge in [0.05, 0.1) is 5.56 Å². The molecule has 21 heavy (non-hydrogen) atoms. The van der Waals surface area contributed by atoms with Crippen molar-refractivity contribution in [2.75, 3.05) is 6.54 Å². The zero-order chi connectivity index (χ0) is 15.7. The van der Waals surface area contributed by atoms with Gasteiger partial charge < -0.3 is 4.74 Å². The van der Waals surface area contributed by atoms with E-state index < -0.39 is 0 Å². The molecule has 1 fully saturated rings. The van der Waals surface area contributed by atoms with Gasteiger partial charge in [0.15, 0.2) is 0 Å². The summed E-state index contributed by atoms with van der Waals surface area (Å²) < 4.78 is 5.78. The summed E-state index contributed by atoms with van der Waals surface area (Å²) in [4.78, 5) is 14.8. The number of carbonyl (C=O) groups excluding carboxylic acids is 1. The Labute approximate surface area is 128 Å². The Morgan fingerprint density at radius 3 is 2.14 bits per heavy atom. The number of rotatable bonds is 3. The number of nitrogens with zero attached hydrogens (tertiary/aromatic N) is 1. The Hall–Kier alpha value is -1.35. The second-order valence-corrected chi connectivity index (χ2v) is 7.17. The molecule has 0 bridgehead atoms. The summed E-state index contributed by atoms with van der Waals surface area (Å²) in [6, 6.07) is 9.25. The summed E-state index contributed by atoms with van der Waals surface area (Å²) in [7, 11) is 0. The summed E-state index contributed by atoms with van der Waals surface area (Å²) in [6.07, 6.45) is 1.73. The highest BCUT2D eigenvalue weighted by molar-refractivity contribution is 5.89. The maximum absolute atomic E-state index is 12.3. The molecule has 3 heteroatoms. The third kappa shape index (κ3) is 3.46. The molecule has 1 saturated heterocycles. The predicted molar refractivity (Wildman–Crippen MR) is 85.4 cm³/mol. The zero-order valence-electron chi connectivity index (χ0n) is 13.8. The van der Waals surface area contributed by atoms with Crippen LogP contribution >= 0.6 is 0 Å². The van der Waals surface area contributed by atoms with Crippen molar-refractivity contribution >= 4 is 5.97 Å². The molecule has 116 valence electrons. The Kier molecular flexibility index (Phi) is 4.43. The van der Waals surface area contributed by atoms with E-state index in [2.05, 4.69) is 39.5 Å². The Morgan fingerprint density at radius 2 is 1.67 bits per heavy atom. The van der Waals surface area contributed by atoms with Gasteiger partial charge in [-0.1, -0.05) is 25.1 Å². The van der Waals surface area contributed by atoms with E-state index in [9.17, 15) is 4.79 Å². The first-order valence-electron chi connectivity index (χ1n) is 7.80. The smallest absolute Gasteiger partial charge is 0.338 e. The molecule has 0 radical (unpaired) electrons. The van der Waals surface area contributed by atoms with Crippen LogP contribution < -0.4 is 0 Å². The monoisotopic (exact) mass is 289 g/mol. The molecule has 0 spiro atoms. The fourth-order valence-electron chi connectivity index (χ4n) is 3.96. The minimum Gasteiger partial charge on any atom is -0.459 e. The molecule has 1 aliphatic rings. The molecule has 1 aromatic carbocycles. The minimum absolute atomic E-state index is 0.0227. The van der Waals surface area contributed by atoms with Crippen LogP contribution in [0.1, 0.15) is 57.8 Å². The highest BCUT2D eigenvalue weighted by atomic mass is 16.5. The second kappa shape index (κ2) is 5.80. The van der Waals surface area contributed by atoms with Crippen molar-refractivity contribution in [1.29, 1.82) is 0 Å². The first-order chi connectivity index (χ1) is 9.76. The van der Waals surface area contributed by atoms with Gasteiger partial charge in [-0.05, 0) is 46.4 Å². The summed E-state index contributed by atoms with van der Waals surface area (Å²) in [5, 5.41) is 0. The van der Waals surface area contributed by atoms with E-state index in [1.165, 1.54) is 0 Å². The average molecular weight is 289 g/mol. The SMILES string of the molecule is CCN1C(C)(C)CC(OC(=O)c2ccccc2)CC1(C)C.